The third-order valence-electron chi connectivity index (χ3n) is 5.01. The van der Waals surface area contributed by atoms with Crippen LogP contribution in [0.3, 0.4) is 0 Å². The lowest BCUT2D eigenvalue weighted by molar-refractivity contribution is 0.0628. The SMILES string of the molecule is COc1cc(C(=O)N2CCN(Cc3nc4ccccc4s3)CC2)ccc1C. The van der Waals surface area contributed by atoms with Gasteiger partial charge < -0.3 is 9.64 Å². The van der Waals surface area contributed by atoms with Crippen molar-refractivity contribution in [3.63, 3.8) is 0 Å². The van der Waals surface area contributed by atoms with Crippen molar-refractivity contribution >= 4 is 27.5 Å². The van der Waals surface area contributed by atoms with Crippen LogP contribution in [0.5, 0.6) is 5.75 Å². The molecule has 1 aliphatic rings. The normalized spacial score (nSPS) is 15.3. The number of rotatable bonds is 4. The fourth-order valence-corrected chi connectivity index (χ4v) is 4.43. The fourth-order valence-electron chi connectivity index (χ4n) is 3.42. The van der Waals surface area contributed by atoms with Gasteiger partial charge in [-0.05, 0) is 36.8 Å². The molecule has 0 unspecified atom stereocenters. The number of amides is 1. The molecular weight excluding hydrogens is 358 g/mol. The van der Waals surface area contributed by atoms with Gasteiger partial charge in [-0.15, -0.1) is 11.3 Å². The molecule has 1 aromatic heterocycles. The largest absolute Gasteiger partial charge is 0.496 e. The van der Waals surface area contributed by atoms with Crippen molar-refractivity contribution in [1.29, 1.82) is 0 Å². The van der Waals surface area contributed by atoms with Crippen LogP contribution in [0.15, 0.2) is 42.5 Å². The Morgan fingerprint density at radius 2 is 1.93 bits per heavy atom. The van der Waals surface area contributed by atoms with Crippen molar-refractivity contribution in [3.8, 4) is 5.75 Å². The average Bonchev–Trinajstić information content (AvgIpc) is 3.10. The van der Waals surface area contributed by atoms with E-state index < -0.39 is 0 Å². The predicted octanol–water partition coefficient (Wildman–Crippen LogP) is 3.57. The molecule has 0 saturated carbocycles. The minimum atomic E-state index is 0.0768. The molecule has 1 saturated heterocycles. The topological polar surface area (TPSA) is 45.7 Å². The molecule has 1 amide bonds. The Morgan fingerprint density at radius 3 is 2.67 bits per heavy atom. The van der Waals surface area contributed by atoms with Gasteiger partial charge in [0.2, 0.25) is 0 Å². The van der Waals surface area contributed by atoms with Crippen molar-refractivity contribution in [2.24, 2.45) is 0 Å². The average molecular weight is 382 g/mol. The number of ether oxygens (including phenoxy) is 1. The third kappa shape index (κ3) is 3.82. The molecule has 2 heterocycles. The van der Waals surface area contributed by atoms with E-state index in [0.717, 1.165) is 54.6 Å². The molecule has 1 aliphatic heterocycles. The van der Waals surface area contributed by atoms with Gasteiger partial charge in [-0.1, -0.05) is 18.2 Å². The van der Waals surface area contributed by atoms with Crippen LogP contribution in [0.25, 0.3) is 10.2 Å². The zero-order chi connectivity index (χ0) is 18.8. The highest BCUT2D eigenvalue weighted by molar-refractivity contribution is 7.18. The van der Waals surface area contributed by atoms with Gasteiger partial charge >= 0.3 is 0 Å². The molecule has 3 aromatic rings. The van der Waals surface area contributed by atoms with E-state index in [2.05, 4.69) is 23.1 Å². The summed E-state index contributed by atoms with van der Waals surface area (Å²) in [6.07, 6.45) is 0. The Balaban J connectivity index is 1.37. The van der Waals surface area contributed by atoms with Crippen LogP contribution in [-0.4, -0.2) is 54.0 Å². The third-order valence-corrected chi connectivity index (χ3v) is 6.03. The lowest BCUT2D eigenvalue weighted by Crippen LogP contribution is -2.48. The smallest absolute Gasteiger partial charge is 0.254 e. The molecule has 0 N–H and O–H groups in total. The molecular formula is C21H23N3O2S. The van der Waals surface area contributed by atoms with E-state index in [1.165, 1.54) is 4.70 Å². The van der Waals surface area contributed by atoms with E-state index in [0.29, 0.717) is 5.56 Å². The van der Waals surface area contributed by atoms with Crippen LogP contribution in [0.4, 0.5) is 0 Å². The molecule has 27 heavy (non-hydrogen) atoms. The maximum absolute atomic E-state index is 12.8. The summed E-state index contributed by atoms with van der Waals surface area (Å²) in [7, 11) is 1.64. The number of carbonyl (C=O) groups is 1. The first-order valence-electron chi connectivity index (χ1n) is 9.15. The first-order valence-corrected chi connectivity index (χ1v) is 9.96. The minimum Gasteiger partial charge on any atom is -0.496 e. The zero-order valence-electron chi connectivity index (χ0n) is 15.6. The number of para-hydroxylation sites is 1. The van der Waals surface area contributed by atoms with Gasteiger partial charge in [0.25, 0.3) is 5.91 Å². The highest BCUT2D eigenvalue weighted by Crippen LogP contribution is 2.24. The number of hydrogen-bond acceptors (Lipinski definition) is 5. The number of hydrogen-bond donors (Lipinski definition) is 0. The van der Waals surface area contributed by atoms with E-state index in [9.17, 15) is 4.79 Å². The van der Waals surface area contributed by atoms with Crippen molar-refractivity contribution in [2.45, 2.75) is 13.5 Å². The number of aryl methyl sites for hydroxylation is 1. The summed E-state index contributed by atoms with van der Waals surface area (Å²) >= 11 is 1.75. The van der Waals surface area contributed by atoms with Gasteiger partial charge in [0, 0.05) is 31.7 Å². The Kier molecular flexibility index (Phi) is 5.09. The lowest BCUT2D eigenvalue weighted by atomic mass is 10.1. The molecule has 0 bridgehead atoms. The van der Waals surface area contributed by atoms with Crippen molar-refractivity contribution in [2.75, 3.05) is 33.3 Å². The van der Waals surface area contributed by atoms with Gasteiger partial charge in [0.15, 0.2) is 0 Å². The summed E-state index contributed by atoms with van der Waals surface area (Å²) in [4.78, 5) is 21.8. The van der Waals surface area contributed by atoms with E-state index in [4.69, 9.17) is 9.72 Å². The summed E-state index contributed by atoms with van der Waals surface area (Å²) in [6, 6.07) is 13.9. The number of nitrogens with zero attached hydrogens (tertiary/aromatic N) is 3. The lowest BCUT2D eigenvalue weighted by Gasteiger charge is -2.34. The Bertz CT molecular complexity index is 928. The van der Waals surface area contributed by atoms with Crippen molar-refractivity contribution in [1.82, 2.24) is 14.8 Å². The number of aromatic nitrogens is 1. The predicted molar refractivity (Wildman–Crippen MR) is 109 cm³/mol. The van der Waals surface area contributed by atoms with Crippen molar-refractivity contribution in [3.05, 3.63) is 58.6 Å². The Morgan fingerprint density at radius 1 is 1.15 bits per heavy atom. The van der Waals surface area contributed by atoms with E-state index in [1.807, 2.05) is 36.1 Å². The second-order valence-corrected chi connectivity index (χ2v) is 7.94. The number of benzene rings is 2. The highest BCUT2D eigenvalue weighted by Gasteiger charge is 2.23. The maximum Gasteiger partial charge on any atom is 0.254 e. The zero-order valence-corrected chi connectivity index (χ0v) is 16.5. The van der Waals surface area contributed by atoms with Crippen LogP contribution in [0.1, 0.15) is 20.9 Å². The monoisotopic (exact) mass is 381 g/mol. The van der Waals surface area contributed by atoms with E-state index in [-0.39, 0.29) is 5.91 Å². The molecule has 1 fully saturated rings. The van der Waals surface area contributed by atoms with Crippen LogP contribution in [0.2, 0.25) is 0 Å². The molecule has 140 valence electrons. The molecule has 0 atom stereocenters. The molecule has 0 radical (unpaired) electrons. The number of thiazole rings is 1. The van der Waals surface area contributed by atoms with Crippen LogP contribution >= 0.6 is 11.3 Å². The second kappa shape index (κ2) is 7.66. The molecule has 5 nitrogen and oxygen atoms in total. The minimum absolute atomic E-state index is 0.0768. The van der Waals surface area contributed by atoms with Crippen LogP contribution in [-0.2, 0) is 6.54 Å². The van der Waals surface area contributed by atoms with Gasteiger partial charge in [0.05, 0.1) is 23.9 Å². The molecule has 6 heteroatoms. The van der Waals surface area contributed by atoms with Gasteiger partial charge in [-0.3, -0.25) is 9.69 Å². The standard InChI is InChI=1S/C21H23N3O2S/c1-15-7-8-16(13-18(15)26-2)21(25)24-11-9-23(10-12-24)14-20-22-17-5-3-4-6-19(17)27-20/h3-8,13H,9-12,14H2,1-2H3. The Hall–Kier alpha value is -2.44. The summed E-state index contributed by atoms with van der Waals surface area (Å²) < 4.78 is 6.58. The van der Waals surface area contributed by atoms with Gasteiger partial charge in [-0.2, -0.15) is 0 Å². The van der Waals surface area contributed by atoms with E-state index >= 15 is 0 Å². The summed E-state index contributed by atoms with van der Waals surface area (Å²) in [5.74, 6) is 0.836. The fraction of sp³-hybridized carbons (Fsp3) is 0.333. The van der Waals surface area contributed by atoms with Crippen LogP contribution < -0.4 is 4.74 Å². The first-order chi connectivity index (χ1) is 13.1. The molecule has 0 spiro atoms. The summed E-state index contributed by atoms with van der Waals surface area (Å²) in [5.41, 5.74) is 2.80. The number of piperazine rings is 1. The molecule has 0 aliphatic carbocycles. The molecule has 2 aromatic carbocycles. The summed E-state index contributed by atoms with van der Waals surface area (Å²) in [5, 5.41) is 1.14. The quantitative estimate of drug-likeness (QED) is 0.693. The number of fused-ring (bicyclic) bond motifs is 1. The Labute approximate surface area is 163 Å². The highest BCUT2D eigenvalue weighted by atomic mass is 32.1. The van der Waals surface area contributed by atoms with Gasteiger partial charge in [0.1, 0.15) is 10.8 Å². The number of carbonyl (C=O) groups excluding carboxylic acids is 1. The van der Waals surface area contributed by atoms with Crippen LogP contribution in [0, 0.1) is 6.92 Å². The summed E-state index contributed by atoms with van der Waals surface area (Å²) in [6.45, 7) is 6.03. The maximum atomic E-state index is 12.8. The number of methoxy groups -OCH3 is 1. The first kappa shape index (κ1) is 17.9. The molecule has 4 rings (SSSR count). The van der Waals surface area contributed by atoms with E-state index in [1.54, 1.807) is 18.4 Å². The van der Waals surface area contributed by atoms with Gasteiger partial charge in [-0.25, -0.2) is 4.98 Å². The second-order valence-electron chi connectivity index (χ2n) is 6.83. The van der Waals surface area contributed by atoms with Crippen molar-refractivity contribution < 1.29 is 9.53 Å².